The van der Waals surface area contributed by atoms with E-state index in [0.717, 1.165) is 16.8 Å². The molecule has 140 valence electrons. The Morgan fingerprint density at radius 3 is 2.56 bits per heavy atom. The van der Waals surface area contributed by atoms with Gasteiger partial charge in [-0.3, -0.25) is 4.79 Å². The molecular formula is C18H18N4O3S2. The number of nitrogens with two attached hydrogens (primary N) is 1. The molecule has 0 aliphatic heterocycles. The Balaban J connectivity index is 1.61. The Morgan fingerprint density at radius 2 is 1.89 bits per heavy atom. The molecule has 0 saturated carbocycles. The molecule has 7 nitrogen and oxygen atoms in total. The van der Waals surface area contributed by atoms with E-state index in [1.807, 2.05) is 5.38 Å². The highest BCUT2D eigenvalue weighted by Crippen LogP contribution is 2.25. The normalized spacial score (nSPS) is 11.3. The zero-order chi connectivity index (χ0) is 19.4. The second-order valence-corrected chi connectivity index (χ2v) is 9.12. The smallest absolute Gasteiger partial charge is 0.230 e. The fourth-order valence-corrected chi connectivity index (χ4v) is 4.01. The predicted molar refractivity (Wildman–Crippen MR) is 107 cm³/mol. The lowest BCUT2D eigenvalue weighted by Gasteiger charge is -2.04. The van der Waals surface area contributed by atoms with Crippen molar-refractivity contribution in [3.63, 3.8) is 0 Å². The minimum atomic E-state index is -3.08. The summed E-state index contributed by atoms with van der Waals surface area (Å²) in [4.78, 5) is 20.6. The maximum Gasteiger partial charge on any atom is 0.230 e. The lowest BCUT2D eigenvalue weighted by molar-refractivity contribution is -0.115. The van der Waals surface area contributed by atoms with Gasteiger partial charge >= 0.3 is 0 Å². The summed E-state index contributed by atoms with van der Waals surface area (Å²) in [6.07, 6.45) is 2.98. The van der Waals surface area contributed by atoms with E-state index in [9.17, 15) is 13.2 Å². The number of pyridine rings is 1. The van der Waals surface area contributed by atoms with E-state index in [1.54, 1.807) is 42.6 Å². The highest BCUT2D eigenvalue weighted by molar-refractivity contribution is 7.89. The summed E-state index contributed by atoms with van der Waals surface area (Å²) in [5.74, 6) is 0.201. The zero-order valence-electron chi connectivity index (χ0n) is 14.5. The van der Waals surface area contributed by atoms with Crippen LogP contribution >= 0.6 is 11.3 Å². The topological polar surface area (TPSA) is 115 Å². The molecule has 0 aliphatic rings. The Hall–Kier alpha value is -2.78. The number of nitrogens with one attached hydrogen (secondary N) is 1. The zero-order valence-corrected chi connectivity index (χ0v) is 16.2. The second-order valence-electron chi connectivity index (χ2n) is 6.12. The third kappa shape index (κ3) is 5.60. The summed E-state index contributed by atoms with van der Waals surface area (Å²) in [6.45, 7) is 0. The third-order valence-electron chi connectivity index (χ3n) is 3.64. The van der Waals surface area contributed by atoms with E-state index < -0.39 is 9.84 Å². The molecule has 0 spiro atoms. The number of nitrogens with zero attached hydrogens (tertiary/aromatic N) is 2. The summed E-state index contributed by atoms with van der Waals surface area (Å²) >= 11 is 1.33. The number of hydrogen-bond donors (Lipinski definition) is 2. The molecule has 0 radical (unpaired) electrons. The molecule has 1 amide bonds. The highest BCUT2D eigenvalue weighted by Gasteiger charge is 2.10. The standard InChI is InChI=1S/C18H18N4O3S2/c1-27(24,25)11-13-4-2-12(3-5-13)8-17(23)22-18-21-15(10-26-18)14-6-7-20-16(19)9-14/h2-7,9-10H,8,11H2,1H3,(H2,19,20)(H,21,22,23). The first-order valence-electron chi connectivity index (χ1n) is 8.01. The van der Waals surface area contributed by atoms with E-state index in [-0.39, 0.29) is 18.1 Å². The third-order valence-corrected chi connectivity index (χ3v) is 5.26. The number of nitrogen functional groups attached to an aromatic ring is 1. The van der Waals surface area contributed by atoms with Gasteiger partial charge in [-0.15, -0.1) is 11.3 Å². The van der Waals surface area contributed by atoms with Crippen molar-refractivity contribution in [2.75, 3.05) is 17.3 Å². The van der Waals surface area contributed by atoms with E-state index in [2.05, 4.69) is 15.3 Å². The number of sulfone groups is 1. The fourth-order valence-electron chi connectivity index (χ4n) is 2.48. The van der Waals surface area contributed by atoms with Gasteiger partial charge in [0.2, 0.25) is 5.91 Å². The number of hydrogen-bond acceptors (Lipinski definition) is 7. The van der Waals surface area contributed by atoms with Gasteiger partial charge in [-0.25, -0.2) is 18.4 Å². The van der Waals surface area contributed by atoms with Gasteiger partial charge in [-0.2, -0.15) is 0 Å². The minimum absolute atomic E-state index is 0.0130. The predicted octanol–water partition coefficient (Wildman–Crippen LogP) is 2.51. The van der Waals surface area contributed by atoms with E-state index in [1.165, 1.54) is 17.6 Å². The Bertz CT molecular complexity index is 1060. The first-order valence-corrected chi connectivity index (χ1v) is 11.0. The quantitative estimate of drug-likeness (QED) is 0.655. The first-order chi connectivity index (χ1) is 12.8. The number of carbonyl (C=O) groups is 1. The maximum atomic E-state index is 12.2. The van der Waals surface area contributed by atoms with Crippen LogP contribution in [-0.4, -0.2) is 30.5 Å². The number of benzene rings is 1. The minimum Gasteiger partial charge on any atom is -0.384 e. The monoisotopic (exact) mass is 402 g/mol. The molecule has 2 aromatic heterocycles. The molecule has 9 heteroatoms. The Labute approximate surface area is 161 Å². The molecular weight excluding hydrogens is 384 g/mol. The van der Waals surface area contributed by atoms with Crippen LogP contribution < -0.4 is 11.1 Å². The first kappa shape index (κ1) is 19.0. The molecule has 0 aliphatic carbocycles. The van der Waals surface area contributed by atoms with Gasteiger partial charge in [0.05, 0.1) is 17.9 Å². The van der Waals surface area contributed by atoms with Crippen LogP contribution in [0, 0.1) is 0 Å². The average Bonchev–Trinajstić information content (AvgIpc) is 3.04. The number of thiazole rings is 1. The van der Waals surface area contributed by atoms with Crippen LogP contribution in [0.25, 0.3) is 11.3 Å². The number of aromatic nitrogens is 2. The van der Waals surface area contributed by atoms with E-state index in [4.69, 9.17) is 5.73 Å². The molecule has 27 heavy (non-hydrogen) atoms. The van der Waals surface area contributed by atoms with Gasteiger partial charge in [0, 0.05) is 23.4 Å². The van der Waals surface area contributed by atoms with Gasteiger partial charge in [-0.1, -0.05) is 24.3 Å². The van der Waals surface area contributed by atoms with E-state index in [0.29, 0.717) is 16.5 Å². The lowest BCUT2D eigenvalue weighted by Crippen LogP contribution is -2.14. The fraction of sp³-hybridized carbons (Fsp3) is 0.167. The summed E-state index contributed by atoms with van der Waals surface area (Å²) in [5, 5.41) is 5.11. The highest BCUT2D eigenvalue weighted by atomic mass is 32.2. The Kier molecular flexibility index (Phi) is 5.52. The Morgan fingerprint density at radius 1 is 1.19 bits per heavy atom. The molecule has 0 bridgehead atoms. The summed E-state index contributed by atoms with van der Waals surface area (Å²) in [7, 11) is -3.08. The van der Waals surface area contributed by atoms with Gasteiger partial charge in [0.15, 0.2) is 15.0 Å². The molecule has 0 atom stereocenters. The van der Waals surface area contributed by atoms with Gasteiger partial charge in [0.25, 0.3) is 0 Å². The SMILES string of the molecule is CS(=O)(=O)Cc1ccc(CC(=O)Nc2nc(-c3ccnc(N)c3)cs2)cc1. The van der Waals surface area contributed by atoms with Crippen molar-refractivity contribution < 1.29 is 13.2 Å². The van der Waals surface area contributed by atoms with Gasteiger partial charge in [-0.05, 0) is 23.3 Å². The van der Waals surface area contributed by atoms with Crippen molar-refractivity contribution in [2.24, 2.45) is 0 Å². The van der Waals surface area contributed by atoms with Crippen LogP contribution in [0.1, 0.15) is 11.1 Å². The number of carbonyl (C=O) groups excluding carboxylic acids is 1. The van der Waals surface area contributed by atoms with Gasteiger partial charge < -0.3 is 11.1 Å². The van der Waals surface area contributed by atoms with Crippen LogP contribution in [0.3, 0.4) is 0 Å². The second kappa shape index (κ2) is 7.85. The van der Waals surface area contributed by atoms with Gasteiger partial charge in [0.1, 0.15) is 5.82 Å². The summed E-state index contributed by atoms with van der Waals surface area (Å²) < 4.78 is 22.6. The van der Waals surface area contributed by atoms with Crippen LogP contribution in [0.4, 0.5) is 10.9 Å². The van der Waals surface area contributed by atoms with Crippen molar-refractivity contribution in [1.29, 1.82) is 0 Å². The summed E-state index contributed by atoms with van der Waals surface area (Å²) in [5.41, 5.74) is 8.72. The molecule has 3 N–H and O–H groups in total. The lowest BCUT2D eigenvalue weighted by atomic mass is 10.1. The average molecular weight is 403 g/mol. The van der Waals surface area contributed by atoms with Crippen molar-refractivity contribution in [3.8, 4) is 11.3 Å². The molecule has 2 heterocycles. The van der Waals surface area contributed by atoms with Crippen LogP contribution in [0.15, 0.2) is 48.0 Å². The summed E-state index contributed by atoms with van der Waals surface area (Å²) in [6, 6.07) is 10.5. The largest absolute Gasteiger partial charge is 0.384 e. The van der Waals surface area contributed by atoms with Crippen molar-refractivity contribution >= 4 is 38.0 Å². The molecule has 3 rings (SSSR count). The van der Waals surface area contributed by atoms with Crippen molar-refractivity contribution in [1.82, 2.24) is 9.97 Å². The molecule has 0 unspecified atom stereocenters. The van der Waals surface area contributed by atoms with Crippen molar-refractivity contribution in [2.45, 2.75) is 12.2 Å². The molecule has 0 fully saturated rings. The van der Waals surface area contributed by atoms with E-state index >= 15 is 0 Å². The molecule has 0 saturated heterocycles. The van der Waals surface area contributed by atoms with Crippen LogP contribution in [-0.2, 0) is 26.8 Å². The number of amides is 1. The van der Waals surface area contributed by atoms with Crippen LogP contribution in [0.2, 0.25) is 0 Å². The molecule has 1 aromatic carbocycles. The maximum absolute atomic E-state index is 12.2. The van der Waals surface area contributed by atoms with Crippen molar-refractivity contribution in [3.05, 3.63) is 59.1 Å². The molecule has 3 aromatic rings. The van der Waals surface area contributed by atoms with Crippen LogP contribution in [0.5, 0.6) is 0 Å². The number of rotatable bonds is 6. The number of anilines is 2.